The van der Waals surface area contributed by atoms with Gasteiger partial charge in [0.2, 0.25) is 0 Å². The average Bonchev–Trinajstić information content (AvgIpc) is 2.04. The molecule has 4 nitrogen and oxygen atoms in total. The van der Waals surface area contributed by atoms with Gasteiger partial charge in [0, 0.05) is 6.20 Å². The van der Waals surface area contributed by atoms with Crippen LogP contribution in [0.2, 0.25) is 0 Å². The third-order valence-corrected chi connectivity index (χ3v) is 1.62. The van der Waals surface area contributed by atoms with Gasteiger partial charge < -0.3 is 15.2 Å². The Morgan fingerprint density at radius 1 is 1.46 bits per heavy atom. The van der Waals surface area contributed by atoms with Gasteiger partial charge >= 0.3 is 0 Å². The minimum absolute atomic E-state index is 0.278. The van der Waals surface area contributed by atoms with Crippen molar-refractivity contribution in [3.8, 4) is 0 Å². The highest BCUT2D eigenvalue weighted by Crippen LogP contribution is 1.99. The number of hydroxylamine groups is 3. The van der Waals surface area contributed by atoms with E-state index in [1.807, 2.05) is 18.2 Å². The minimum atomic E-state index is -0.278. The number of nitrogens with zero attached hydrogens (tertiary/aromatic N) is 2. The molecule has 72 valence electrons. The molecule has 0 aliphatic carbocycles. The first kappa shape index (κ1) is 9.95. The van der Waals surface area contributed by atoms with Crippen LogP contribution < -0.4 is 5.32 Å². The number of pyridine rings is 1. The number of quaternary nitrogens is 1. The summed E-state index contributed by atoms with van der Waals surface area (Å²) in [6.45, 7) is 1.18. The molecule has 0 aromatic carbocycles. The van der Waals surface area contributed by atoms with E-state index < -0.39 is 0 Å². The number of hydrogen-bond donors (Lipinski definition) is 1. The molecule has 0 aliphatic heterocycles. The Morgan fingerprint density at radius 3 is 2.77 bits per heavy atom. The zero-order chi connectivity index (χ0) is 9.73. The zero-order valence-electron chi connectivity index (χ0n) is 8.03. The molecule has 0 saturated heterocycles. The fourth-order valence-electron chi connectivity index (χ4n) is 0.921. The van der Waals surface area contributed by atoms with E-state index in [1.165, 1.54) is 0 Å². The number of likely N-dealkylation sites (N-methyl/N-ethyl adjacent to an activating group) is 1. The van der Waals surface area contributed by atoms with E-state index in [0.717, 1.165) is 5.82 Å². The van der Waals surface area contributed by atoms with Crippen LogP contribution in [0.15, 0.2) is 24.4 Å². The van der Waals surface area contributed by atoms with E-state index in [9.17, 15) is 5.21 Å². The summed E-state index contributed by atoms with van der Waals surface area (Å²) in [6.07, 6.45) is 1.72. The number of aromatic nitrogens is 1. The van der Waals surface area contributed by atoms with Gasteiger partial charge in [0.1, 0.15) is 5.82 Å². The van der Waals surface area contributed by atoms with Crippen LogP contribution in [0.3, 0.4) is 0 Å². The molecule has 0 unspecified atom stereocenters. The molecule has 0 amide bonds. The highest BCUT2D eigenvalue weighted by Gasteiger charge is 2.00. The van der Waals surface area contributed by atoms with Crippen molar-refractivity contribution in [2.24, 2.45) is 0 Å². The number of anilines is 1. The van der Waals surface area contributed by atoms with Crippen molar-refractivity contribution < 1.29 is 4.65 Å². The molecule has 1 aromatic heterocycles. The smallest absolute Gasteiger partial charge is 0.126 e. The molecule has 0 aliphatic rings. The van der Waals surface area contributed by atoms with Gasteiger partial charge in [-0.1, -0.05) is 6.07 Å². The van der Waals surface area contributed by atoms with Crippen molar-refractivity contribution in [3.63, 3.8) is 0 Å². The van der Waals surface area contributed by atoms with Gasteiger partial charge in [-0.3, -0.25) is 0 Å². The Bertz CT molecular complexity index is 243. The molecule has 0 radical (unpaired) electrons. The quantitative estimate of drug-likeness (QED) is 0.558. The van der Waals surface area contributed by atoms with Crippen LogP contribution in [0, 0.1) is 5.21 Å². The summed E-state index contributed by atoms with van der Waals surface area (Å²) in [5, 5.41) is 14.2. The lowest BCUT2D eigenvalue weighted by molar-refractivity contribution is -0.838. The molecule has 0 saturated carbocycles. The second kappa shape index (κ2) is 4.20. The maximum absolute atomic E-state index is 11.2. The summed E-state index contributed by atoms with van der Waals surface area (Å²) in [5.41, 5.74) is 0. The van der Waals surface area contributed by atoms with Gasteiger partial charge in [0.15, 0.2) is 0 Å². The van der Waals surface area contributed by atoms with E-state index in [1.54, 1.807) is 20.3 Å². The van der Waals surface area contributed by atoms with Gasteiger partial charge in [-0.15, -0.1) is 0 Å². The summed E-state index contributed by atoms with van der Waals surface area (Å²) in [6, 6.07) is 5.65. The van der Waals surface area contributed by atoms with Crippen LogP contribution in [0.4, 0.5) is 5.82 Å². The molecule has 13 heavy (non-hydrogen) atoms. The molecular formula is C9H15N3O. The number of hydrogen-bond acceptors (Lipinski definition) is 3. The maximum Gasteiger partial charge on any atom is 0.126 e. The van der Waals surface area contributed by atoms with Crippen LogP contribution in [-0.2, 0) is 0 Å². The van der Waals surface area contributed by atoms with Crippen LogP contribution >= 0.6 is 0 Å². The first-order chi connectivity index (χ1) is 6.08. The van der Waals surface area contributed by atoms with Gasteiger partial charge in [0.05, 0.1) is 27.2 Å². The summed E-state index contributed by atoms with van der Waals surface area (Å²) >= 11 is 0. The van der Waals surface area contributed by atoms with Crippen molar-refractivity contribution in [1.82, 2.24) is 4.98 Å². The Kier molecular flexibility index (Phi) is 3.22. The van der Waals surface area contributed by atoms with Crippen molar-refractivity contribution in [1.29, 1.82) is 0 Å². The molecule has 0 fully saturated rings. The topological polar surface area (TPSA) is 48.0 Å². The number of rotatable bonds is 4. The lowest BCUT2D eigenvalue weighted by Crippen LogP contribution is -2.36. The van der Waals surface area contributed by atoms with Crippen molar-refractivity contribution in [3.05, 3.63) is 29.6 Å². The fraction of sp³-hybridized carbons (Fsp3) is 0.444. The van der Waals surface area contributed by atoms with Crippen LogP contribution in [0.1, 0.15) is 0 Å². The van der Waals surface area contributed by atoms with Crippen LogP contribution in [0.5, 0.6) is 0 Å². The molecular weight excluding hydrogens is 166 g/mol. The minimum Gasteiger partial charge on any atom is -0.633 e. The molecule has 1 aromatic rings. The van der Waals surface area contributed by atoms with E-state index in [4.69, 9.17) is 0 Å². The first-order valence-electron chi connectivity index (χ1n) is 4.27. The largest absolute Gasteiger partial charge is 0.633 e. The van der Waals surface area contributed by atoms with Crippen LogP contribution in [-0.4, -0.2) is 36.8 Å². The summed E-state index contributed by atoms with van der Waals surface area (Å²) < 4.78 is -0.278. The predicted octanol–water partition coefficient (Wildman–Crippen LogP) is 1.07. The van der Waals surface area contributed by atoms with Crippen molar-refractivity contribution in [2.75, 3.05) is 32.5 Å². The second-order valence-corrected chi connectivity index (χ2v) is 3.44. The zero-order valence-corrected chi connectivity index (χ0v) is 8.03. The van der Waals surface area contributed by atoms with E-state index >= 15 is 0 Å². The number of nitrogens with one attached hydrogen (secondary N) is 1. The van der Waals surface area contributed by atoms with Crippen molar-refractivity contribution >= 4 is 5.82 Å². The Labute approximate surface area is 78.4 Å². The Morgan fingerprint density at radius 2 is 2.23 bits per heavy atom. The first-order valence-corrected chi connectivity index (χ1v) is 4.27. The molecule has 0 spiro atoms. The van der Waals surface area contributed by atoms with E-state index in [2.05, 4.69) is 10.3 Å². The highest BCUT2D eigenvalue weighted by molar-refractivity contribution is 5.32. The molecule has 1 heterocycles. The van der Waals surface area contributed by atoms with E-state index in [0.29, 0.717) is 13.1 Å². The molecule has 0 bridgehead atoms. The highest BCUT2D eigenvalue weighted by atomic mass is 16.5. The maximum atomic E-state index is 11.2. The molecule has 0 atom stereocenters. The summed E-state index contributed by atoms with van der Waals surface area (Å²) in [7, 11) is 3.25. The third kappa shape index (κ3) is 4.45. The van der Waals surface area contributed by atoms with Gasteiger partial charge in [-0.05, 0) is 12.1 Å². The molecule has 1 rings (SSSR count). The van der Waals surface area contributed by atoms with Gasteiger partial charge in [0.25, 0.3) is 0 Å². The standard InChI is InChI=1S/C9H15N3O/c1-12(2,13)8-7-11-9-5-3-4-6-10-9/h3-6H,7-8H2,1-2H3,(H,10,11). The second-order valence-electron chi connectivity index (χ2n) is 3.44. The summed E-state index contributed by atoms with van der Waals surface area (Å²) in [5.74, 6) is 0.816. The monoisotopic (exact) mass is 181 g/mol. The lowest BCUT2D eigenvalue weighted by atomic mass is 10.4. The van der Waals surface area contributed by atoms with E-state index in [-0.39, 0.29) is 4.65 Å². The summed E-state index contributed by atoms with van der Waals surface area (Å²) in [4.78, 5) is 4.08. The SMILES string of the molecule is C[N+](C)([O-])CCNc1ccccn1. The molecule has 1 N–H and O–H groups in total. The van der Waals surface area contributed by atoms with Gasteiger partial charge in [-0.25, -0.2) is 4.98 Å². The average molecular weight is 181 g/mol. The Balaban J connectivity index is 2.29. The van der Waals surface area contributed by atoms with Crippen LogP contribution in [0.25, 0.3) is 0 Å². The predicted molar refractivity (Wildman–Crippen MR) is 53.1 cm³/mol. The van der Waals surface area contributed by atoms with Gasteiger partial charge in [-0.2, -0.15) is 0 Å². The third-order valence-electron chi connectivity index (χ3n) is 1.62. The fourth-order valence-corrected chi connectivity index (χ4v) is 0.921. The lowest BCUT2D eigenvalue weighted by Gasteiger charge is -2.33. The van der Waals surface area contributed by atoms with Crippen molar-refractivity contribution in [2.45, 2.75) is 0 Å². The normalized spacial score (nSPS) is 11.3. The molecule has 4 heteroatoms. The Hall–Kier alpha value is -1.13.